The third-order valence-electron chi connectivity index (χ3n) is 2.19. The average molecular weight is 181 g/mol. The summed E-state index contributed by atoms with van der Waals surface area (Å²) in [6.07, 6.45) is 6.36. The van der Waals surface area contributed by atoms with Gasteiger partial charge in [-0.15, -0.1) is 0 Å². The van der Waals surface area contributed by atoms with Crippen molar-refractivity contribution in [1.29, 1.82) is 0 Å². The van der Waals surface area contributed by atoms with Crippen LogP contribution in [0, 0.1) is 5.41 Å². The lowest BCUT2D eigenvalue weighted by atomic mass is 9.89. The third kappa shape index (κ3) is 5.51. The van der Waals surface area contributed by atoms with Crippen LogP contribution in [0.1, 0.15) is 40.5 Å². The van der Waals surface area contributed by atoms with E-state index in [1.54, 1.807) is 0 Å². The molecular weight excluding hydrogens is 158 g/mol. The average Bonchev–Trinajstić information content (AvgIpc) is 2.03. The Morgan fingerprint density at radius 3 is 2.23 bits per heavy atom. The van der Waals surface area contributed by atoms with Crippen molar-refractivity contribution in [2.75, 3.05) is 7.05 Å². The van der Waals surface area contributed by atoms with Crippen molar-refractivity contribution in [3.63, 3.8) is 0 Å². The van der Waals surface area contributed by atoms with Gasteiger partial charge in [0.25, 0.3) is 0 Å². The fourth-order valence-electron chi connectivity index (χ4n) is 1.14. The van der Waals surface area contributed by atoms with Gasteiger partial charge in [0.2, 0.25) is 0 Å². The molecule has 0 unspecified atom stereocenters. The van der Waals surface area contributed by atoms with Crippen LogP contribution in [0.4, 0.5) is 0 Å². The molecule has 0 radical (unpaired) electrons. The van der Waals surface area contributed by atoms with Gasteiger partial charge in [-0.1, -0.05) is 33.4 Å². The van der Waals surface area contributed by atoms with E-state index in [-0.39, 0.29) is 0 Å². The van der Waals surface area contributed by atoms with Crippen LogP contribution in [-0.4, -0.2) is 11.9 Å². The maximum Gasteiger partial charge on any atom is 0.0128 e. The molecule has 1 nitrogen and oxygen atoms in total. The molecule has 0 atom stereocenters. The second-order valence-electron chi connectivity index (χ2n) is 4.63. The Labute approximate surface area is 83.1 Å². The van der Waals surface area contributed by atoms with E-state index >= 15 is 0 Å². The molecule has 0 fully saturated rings. The van der Waals surface area contributed by atoms with E-state index in [2.05, 4.69) is 45.2 Å². The first-order valence-electron chi connectivity index (χ1n) is 4.91. The zero-order chi connectivity index (χ0) is 10.5. The SMILES string of the molecule is C=CN(C)/C(=C\C)CCC(C)(C)C. The van der Waals surface area contributed by atoms with E-state index in [1.807, 2.05) is 13.2 Å². The quantitative estimate of drug-likeness (QED) is 0.637. The standard InChI is InChI=1S/C12H23N/c1-7-11(13(6)8-2)9-10-12(3,4)5/h7-8H,2,9-10H2,1,3-6H3/b11-7-. The van der Waals surface area contributed by atoms with Gasteiger partial charge in [-0.3, -0.25) is 0 Å². The van der Waals surface area contributed by atoms with Crippen molar-refractivity contribution in [3.8, 4) is 0 Å². The molecule has 0 aliphatic heterocycles. The van der Waals surface area contributed by atoms with Gasteiger partial charge >= 0.3 is 0 Å². The van der Waals surface area contributed by atoms with Crippen LogP contribution in [-0.2, 0) is 0 Å². The Morgan fingerprint density at radius 1 is 1.38 bits per heavy atom. The van der Waals surface area contributed by atoms with Gasteiger partial charge in [-0.05, 0) is 31.4 Å². The van der Waals surface area contributed by atoms with Crippen molar-refractivity contribution >= 4 is 0 Å². The summed E-state index contributed by atoms with van der Waals surface area (Å²) in [5, 5.41) is 0. The Bertz CT molecular complexity index is 184. The molecule has 0 saturated heterocycles. The summed E-state index contributed by atoms with van der Waals surface area (Å²) in [5.41, 5.74) is 1.76. The van der Waals surface area contributed by atoms with Gasteiger partial charge < -0.3 is 4.90 Å². The largest absolute Gasteiger partial charge is 0.355 e. The molecule has 0 aliphatic rings. The predicted molar refractivity (Wildman–Crippen MR) is 60.4 cm³/mol. The minimum absolute atomic E-state index is 0.413. The van der Waals surface area contributed by atoms with E-state index in [0.29, 0.717) is 5.41 Å². The van der Waals surface area contributed by atoms with E-state index < -0.39 is 0 Å². The van der Waals surface area contributed by atoms with Gasteiger partial charge in [0, 0.05) is 12.7 Å². The Hall–Kier alpha value is -0.720. The Balaban J connectivity index is 4.09. The van der Waals surface area contributed by atoms with E-state index in [4.69, 9.17) is 0 Å². The molecule has 0 aromatic rings. The zero-order valence-electron chi connectivity index (χ0n) is 9.72. The van der Waals surface area contributed by atoms with Crippen LogP contribution < -0.4 is 0 Å². The number of hydrogen-bond donors (Lipinski definition) is 0. The summed E-state index contributed by atoms with van der Waals surface area (Å²) in [7, 11) is 2.05. The fraction of sp³-hybridized carbons (Fsp3) is 0.667. The summed E-state index contributed by atoms with van der Waals surface area (Å²) in [4.78, 5) is 2.09. The molecule has 0 N–H and O–H groups in total. The lowest BCUT2D eigenvalue weighted by Gasteiger charge is -2.23. The molecule has 1 heteroatoms. The molecule has 0 saturated carbocycles. The summed E-state index contributed by atoms with van der Waals surface area (Å²) in [6, 6.07) is 0. The van der Waals surface area contributed by atoms with Gasteiger partial charge in [0.15, 0.2) is 0 Å². The smallest absolute Gasteiger partial charge is 0.0128 e. The van der Waals surface area contributed by atoms with Gasteiger partial charge in [0.1, 0.15) is 0 Å². The van der Waals surface area contributed by atoms with Gasteiger partial charge in [-0.25, -0.2) is 0 Å². The lowest BCUT2D eigenvalue weighted by Crippen LogP contribution is -2.13. The molecule has 0 aromatic heterocycles. The number of allylic oxidation sites excluding steroid dienone is 2. The minimum Gasteiger partial charge on any atom is -0.355 e. The molecule has 0 heterocycles. The summed E-state index contributed by atoms with van der Waals surface area (Å²) < 4.78 is 0. The van der Waals surface area contributed by atoms with E-state index in [0.717, 1.165) is 6.42 Å². The highest BCUT2D eigenvalue weighted by atomic mass is 15.1. The first kappa shape index (κ1) is 12.3. The molecule has 0 aromatic carbocycles. The Morgan fingerprint density at radius 2 is 1.92 bits per heavy atom. The molecule has 13 heavy (non-hydrogen) atoms. The third-order valence-corrected chi connectivity index (χ3v) is 2.19. The lowest BCUT2D eigenvalue weighted by molar-refractivity contribution is 0.361. The maximum atomic E-state index is 3.76. The molecule has 0 bridgehead atoms. The van der Waals surface area contributed by atoms with Crippen LogP contribution in [0.3, 0.4) is 0 Å². The highest BCUT2D eigenvalue weighted by Gasteiger charge is 2.11. The number of hydrogen-bond acceptors (Lipinski definition) is 1. The molecule has 0 aliphatic carbocycles. The zero-order valence-corrected chi connectivity index (χ0v) is 9.72. The van der Waals surface area contributed by atoms with Crippen molar-refractivity contribution in [2.45, 2.75) is 40.5 Å². The van der Waals surface area contributed by atoms with Crippen LogP contribution >= 0.6 is 0 Å². The number of rotatable bonds is 4. The molecule has 0 rings (SSSR count). The second-order valence-corrected chi connectivity index (χ2v) is 4.63. The van der Waals surface area contributed by atoms with Crippen molar-refractivity contribution in [2.24, 2.45) is 5.41 Å². The summed E-state index contributed by atoms with van der Waals surface area (Å²) in [6.45, 7) is 12.7. The van der Waals surface area contributed by atoms with E-state index in [9.17, 15) is 0 Å². The highest BCUT2D eigenvalue weighted by Crippen LogP contribution is 2.24. The maximum absolute atomic E-state index is 3.76. The van der Waals surface area contributed by atoms with Crippen molar-refractivity contribution < 1.29 is 0 Å². The van der Waals surface area contributed by atoms with Gasteiger partial charge in [0.05, 0.1) is 0 Å². The topological polar surface area (TPSA) is 3.24 Å². The van der Waals surface area contributed by atoms with Gasteiger partial charge in [-0.2, -0.15) is 0 Å². The summed E-state index contributed by atoms with van der Waals surface area (Å²) >= 11 is 0. The first-order chi connectivity index (χ1) is 5.90. The fourth-order valence-corrected chi connectivity index (χ4v) is 1.14. The molecular formula is C12H23N. The van der Waals surface area contributed by atoms with Crippen molar-refractivity contribution in [3.05, 3.63) is 24.6 Å². The van der Waals surface area contributed by atoms with Crippen LogP contribution in [0.25, 0.3) is 0 Å². The summed E-state index contributed by atoms with van der Waals surface area (Å²) in [5.74, 6) is 0. The highest BCUT2D eigenvalue weighted by molar-refractivity contribution is 5.02. The van der Waals surface area contributed by atoms with Crippen LogP contribution in [0.15, 0.2) is 24.6 Å². The molecule has 0 amide bonds. The normalized spacial score (nSPS) is 12.8. The minimum atomic E-state index is 0.413. The first-order valence-corrected chi connectivity index (χ1v) is 4.91. The predicted octanol–water partition coefficient (Wildman–Crippen LogP) is 3.79. The number of nitrogens with zero attached hydrogens (tertiary/aromatic N) is 1. The molecule has 76 valence electrons. The Kier molecular flexibility index (Phi) is 4.82. The van der Waals surface area contributed by atoms with Crippen molar-refractivity contribution in [1.82, 2.24) is 4.90 Å². The second kappa shape index (κ2) is 5.11. The van der Waals surface area contributed by atoms with Crippen LogP contribution in [0.5, 0.6) is 0 Å². The van der Waals surface area contributed by atoms with E-state index in [1.165, 1.54) is 12.1 Å². The molecule has 0 spiro atoms. The monoisotopic (exact) mass is 181 g/mol. The van der Waals surface area contributed by atoms with Crippen LogP contribution in [0.2, 0.25) is 0 Å².